The van der Waals surface area contributed by atoms with Crippen LogP contribution in [0.25, 0.3) is 0 Å². The fraction of sp³-hybridized carbons (Fsp3) is 0.500. The number of carbonyl (C=O) groups is 2. The smallest absolute Gasteiger partial charge is 0.303 e. The molecule has 4 heterocycles. The van der Waals surface area contributed by atoms with Gasteiger partial charge in [0.15, 0.2) is 0 Å². The standard InChI is InChI=1S/C24H27N3O5/c1-23(10-7-20(28)29)17-13-24(14-31-21(17)16-5-2-3-6-19(16)32-23)9-4-12-27(24)22(30)18-8-11-25-15-26-18/h2-3,5-6,8,11,15,17,21H,4,7,9-10,12-14H2,1H3,(H,28,29)/t17-,21+,23+,24+/m1/s1. The molecule has 5 rings (SSSR count). The highest BCUT2D eigenvalue weighted by molar-refractivity contribution is 5.93. The van der Waals surface area contributed by atoms with Crippen LogP contribution in [0.2, 0.25) is 0 Å². The molecule has 1 aromatic carbocycles. The van der Waals surface area contributed by atoms with Crippen LogP contribution < -0.4 is 4.74 Å². The van der Waals surface area contributed by atoms with Gasteiger partial charge in [-0.2, -0.15) is 0 Å². The average Bonchev–Trinajstić information content (AvgIpc) is 3.21. The van der Waals surface area contributed by atoms with Crippen LogP contribution in [0, 0.1) is 5.92 Å². The monoisotopic (exact) mass is 437 g/mol. The first kappa shape index (κ1) is 20.9. The second kappa shape index (κ2) is 7.85. The minimum atomic E-state index is -0.849. The Morgan fingerprint density at radius 2 is 2.12 bits per heavy atom. The van der Waals surface area contributed by atoms with Crippen LogP contribution in [0.3, 0.4) is 0 Å². The molecule has 8 nitrogen and oxygen atoms in total. The van der Waals surface area contributed by atoms with Crippen molar-refractivity contribution in [3.05, 3.63) is 54.1 Å². The van der Waals surface area contributed by atoms with Crippen LogP contribution in [0.1, 0.15) is 61.2 Å². The van der Waals surface area contributed by atoms with Gasteiger partial charge in [0.25, 0.3) is 5.91 Å². The highest BCUT2D eigenvalue weighted by Crippen LogP contribution is 2.55. The van der Waals surface area contributed by atoms with Crippen LogP contribution in [0.15, 0.2) is 42.9 Å². The van der Waals surface area contributed by atoms with E-state index < -0.39 is 17.1 Å². The summed E-state index contributed by atoms with van der Waals surface area (Å²) in [5.41, 5.74) is 0.203. The van der Waals surface area contributed by atoms with Crippen molar-refractivity contribution in [1.82, 2.24) is 14.9 Å². The summed E-state index contributed by atoms with van der Waals surface area (Å²) in [4.78, 5) is 34.7. The molecule has 3 aliphatic heterocycles. The SMILES string of the molecule is C[C@@]1(CCC(=O)O)Oc2ccccc2[C@@H]2OC[C@]3(CCCN3C(=O)c3ccncn3)C[C@H]21. The molecular formula is C24H27N3O5. The number of para-hydroxylation sites is 1. The van der Waals surface area contributed by atoms with Crippen molar-refractivity contribution >= 4 is 11.9 Å². The minimum absolute atomic E-state index is 0.0124. The number of hydrogen-bond acceptors (Lipinski definition) is 6. The van der Waals surface area contributed by atoms with Crippen LogP contribution in [0.4, 0.5) is 0 Å². The average molecular weight is 437 g/mol. The molecule has 0 unspecified atom stereocenters. The number of amides is 1. The molecule has 0 radical (unpaired) electrons. The third-order valence-electron chi connectivity index (χ3n) is 7.33. The Kier molecular flexibility index (Phi) is 5.12. The molecule has 168 valence electrons. The van der Waals surface area contributed by atoms with Gasteiger partial charge in [0, 0.05) is 30.6 Å². The second-order valence-electron chi connectivity index (χ2n) is 9.27. The summed E-state index contributed by atoms with van der Waals surface area (Å²) >= 11 is 0. The first-order valence-corrected chi connectivity index (χ1v) is 11.1. The van der Waals surface area contributed by atoms with Crippen molar-refractivity contribution in [2.24, 2.45) is 5.92 Å². The summed E-state index contributed by atoms with van der Waals surface area (Å²) < 4.78 is 13.0. The van der Waals surface area contributed by atoms with Crippen LogP contribution >= 0.6 is 0 Å². The number of benzene rings is 1. The lowest BCUT2D eigenvalue weighted by molar-refractivity contribution is -0.169. The van der Waals surface area contributed by atoms with Gasteiger partial charge in [0.1, 0.15) is 23.4 Å². The van der Waals surface area contributed by atoms with Gasteiger partial charge in [-0.15, -0.1) is 0 Å². The number of nitrogens with zero attached hydrogens (tertiary/aromatic N) is 3. The predicted octanol–water partition coefficient (Wildman–Crippen LogP) is 3.25. The van der Waals surface area contributed by atoms with Crippen LogP contribution in [-0.2, 0) is 9.53 Å². The van der Waals surface area contributed by atoms with Gasteiger partial charge in [-0.25, -0.2) is 9.97 Å². The number of aromatic nitrogens is 2. The largest absolute Gasteiger partial charge is 0.487 e. The minimum Gasteiger partial charge on any atom is -0.487 e. The van der Waals surface area contributed by atoms with E-state index in [2.05, 4.69) is 9.97 Å². The van der Waals surface area contributed by atoms with E-state index in [9.17, 15) is 14.7 Å². The maximum Gasteiger partial charge on any atom is 0.303 e. The highest BCUT2D eigenvalue weighted by atomic mass is 16.5. The molecular weight excluding hydrogens is 410 g/mol. The number of hydrogen-bond donors (Lipinski definition) is 1. The number of carboxylic acid groups (broad SMARTS) is 1. The summed E-state index contributed by atoms with van der Waals surface area (Å²) in [7, 11) is 0. The number of ether oxygens (including phenoxy) is 2. The van der Waals surface area contributed by atoms with E-state index in [4.69, 9.17) is 9.47 Å². The molecule has 1 aromatic heterocycles. The zero-order valence-corrected chi connectivity index (χ0v) is 18.1. The molecule has 3 aliphatic rings. The Morgan fingerprint density at radius 3 is 2.91 bits per heavy atom. The Labute approximate surface area is 186 Å². The van der Waals surface area contributed by atoms with Gasteiger partial charge < -0.3 is 19.5 Å². The van der Waals surface area contributed by atoms with Crippen molar-refractivity contribution in [3.8, 4) is 5.75 Å². The van der Waals surface area contributed by atoms with E-state index in [1.54, 1.807) is 12.3 Å². The van der Waals surface area contributed by atoms with E-state index in [0.29, 0.717) is 31.7 Å². The zero-order valence-electron chi connectivity index (χ0n) is 18.1. The Balaban J connectivity index is 1.49. The maximum absolute atomic E-state index is 13.3. The molecule has 0 aliphatic carbocycles. The molecule has 4 atom stereocenters. The van der Waals surface area contributed by atoms with Crippen LogP contribution in [-0.4, -0.2) is 56.1 Å². The van der Waals surface area contributed by atoms with Gasteiger partial charge >= 0.3 is 5.97 Å². The van der Waals surface area contributed by atoms with Gasteiger partial charge in [-0.3, -0.25) is 9.59 Å². The molecule has 1 spiro atoms. The zero-order chi connectivity index (χ0) is 22.3. The number of carboxylic acids is 1. The summed E-state index contributed by atoms with van der Waals surface area (Å²) in [6.07, 6.45) is 5.57. The summed E-state index contributed by atoms with van der Waals surface area (Å²) in [6, 6.07) is 9.45. The van der Waals surface area contributed by atoms with E-state index in [0.717, 1.165) is 24.2 Å². The summed E-state index contributed by atoms with van der Waals surface area (Å²) in [5, 5.41) is 9.34. The third-order valence-corrected chi connectivity index (χ3v) is 7.33. The predicted molar refractivity (Wildman–Crippen MR) is 114 cm³/mol. The topological polar surface area (TPSA) is 102 Å². The molecule has 2 fully saturated rings. The van der Waals surface area contributed by atoms with E-state index >= 15 is 0 Å². The van der Waals surface area contributed by atoms with Crippen LogP contribution in [0.5, 0.6) is 5.75 Å². The molecule has 8 heteroatoms. The van der Waals surface area contributed by atoms with Gasteiger partial charge in [0.2, 0.25) is 0 Å². The first-order chi connectivity index (χ1) is 15.4. The van der Waals surface area contributed by atoms with Crippen molar-refractivity contribution in [3.63, 3.8) is 0 Å². The molecule has 2 saturated heterocycles. The number of rotatable bonds is 4. The summed E-state index contributed by atoms with van der Waals surface area (Å²) in [6.45, 7) is 3.07. The quantitative estimate of drug-likeness (QED) is 0.783. The fourth-order valence-corrected chi connectivity index (χ4v) is 5.68. The second-order valence-corrected chi connectivity index (χ2v) is 9.27. The molecule has 2 aromatic rings. The first-order valence-electron chi connectivity index (χ1n) is 11.1. The lowest BCUT2D eigenvalue weighted by Gasteiger charge is -2.54. The molecule has 1 N–H and O–H groups in total. The normalized spacial score (nSPS) is 31.0. The van der Waals surface area contributed by atoms with E-state index in [-0.39, 0.29) is 24.3 Å². The fourth-order valence-electron chi connectivity index (χ4n) is 5.68. The van der Waals surface area contributed by atoms with Crippen molar-refractivity contribution < 1.29 is 24.2 Å². The maximum atomic E-state index is 13.3. The Bertz CT molecular complexity index is 1030. The Morgan fingerprint density at radius 1 is 1.28 bits per heavy atom. The summed E-state index contributed by atoms with van der Waals surface area (Å²) in [5.74, 6) is -0.295. The lowest BCUT2D eigenvalue weighted by Crippen LogP contribution is -2.60. The number of aliphatic carboxylic acids is 1. The molecule has 1 amide bonds. The number of likely N-dealkylation sites (tertiary alicyclic amines) is 1. The van der Waals surface area contributed by atoms with Crippen molar-refractivity contribution in [2.45, 2.75) is 56.3 Å². The molecule has 0 bridgehead atoms. The Hall–Kier alpha value is -3.00. The van der Waals surface area contributed by atoms with Crippen molar-refractivity contribution in [1.29, 1.82) is 0 Å². The lowest BCUT2D eigenvalue weighted by atomic mass is 9.68. The van der Waals surface area contributed by atoms with E-state index in [1.807, 2.05) is 36.1 Å². The number of fused-ring (bicyclic) bond motifs is 3. The van der Waals surface area contributed by atoms with Crippen molar-refractivity contribution in [2.75, 3.05) is 13.2 Å². The van der Waals surface area contributed by atoms with Gasteiger partial charge in [0.05, 0.1) is 18.2 Å². The number of carbonyl (C=O) groups excluding carboxylic acids is 1. The van der Waals surface area contributed by atoms with Gasteiger partial charge in [-0.1, -0.05) is 18.2 Å². The highest BCUT2D eigenvalue weighted by Gasteiger charge is 2.57. The molecule has 32 heavy (non-hydrogen) atoms. The van der Waals surface area contributed by atoms with E-state index in [1.165, 1.54) is 6.33 Å². The third kappa shape index (κ3) is 3.43. The molecule has 0 saturated carbocycles. The van der Waals surface area contributed by atoms with Gasteiger partial charge in [-0.05, 0) is 44.7 Å².